The molecule has 1 atom stereocenters. The van der Waals surface area contributed by atoms with Crippen molar-refractivity contribution in [2.24, 2.45) is 4.99 Å². The SMILES string of the molecule is CS(=O)(=O)c1ccc(N=CC2C(=O)Nc3ccc4ncsc4c32)cc1. The van der Waals surface area contributed by atoms with Crippen LogP contribution in [0.1, 0.15) is 11.5 Å². The van der Waals surface area contributed by atoms with Gasteiger partial charge in [0.15, 0.2) is 9.84 Å². The van der Waals surface area contributed by atoms with Crippen LogP contribution in [-0.2, 0) is 14.6 Å². The number of carbonyl (C=O) groups is 1. The van der Waals surface area contributed by atoms with Crippen molar-refractivity contribution in [3.05, 3.63) is 47.5 Å². The van der Waals surface area contributed by atoms with E-state index in [1.54, 1.807) is 23.9 Å². The van der Waals surface area contributed by atoms with Crippen LogP contribution in [0.2, 0.25) is 0 Å². The highest BCUT2D eigenvalue weighted by atomic mass is 32.2. The van der Waals surface area contributed by atoms with Crippen LogP contribution >= 0.6 is 11.3 Å². The second kappa shape index (κ2) is 5.75. The first-order valence-electron chi connectivity index (χ1n) is 7.45. The van der Waals surface area contributed by atoms with Gasteiger partial charge in [0.1, 0.15) is 5.92 Å². The average molecular weight is 371 g/mol. The molecule has 0 radical (unpaired) electrons. The zero-order valence-electron chi connectivity index (χ0n) is 13.1. The van der Waals surface area contributed by atoms with Crippen molar-refractivity contribution in [2.45, 2.75) is 10.8 Å². The Labute approximate surface area is 148 Å². The lowest BCUT2D eigenvalue weighted by Gasteiger charge is -2.04. The van der Waals surface area contributed by atoms with Gasteiger partial charge in [-0.3, -0.25) is 9.79 Å². The molecule has 1 aromatic heterocycles. The van der Waals surface area contributed by atoms with Crippen LogP contribution in [-0.4, -0.2) is 31.8 Å². The zero-order valence-corrected chi connectivity index (χ0v) is 14.8. The molecule has 1 unspecified atom stereocenters. The van der Waals surface area contributed by atoms with Crippen molar-refractivity contribution >= 4 is 54.9 Å². The molecule has 0 fully saturated rings. The summed E-state index contributed by atoms with van der Waals surface area (Å²) in [5, 5.41) is 2.86. The van der Waals surface area contributed by atoms with E-state index in [2.05, 4.69) is 15.3 Å². The number of amides is 1. The van der Waals surface area contributed by atoms with Gasteiger partial charge in [-0.05, 0) is 36.4 Å². The van der Waals surface area contributed by atoms with Crippen molar-refractivity contribution in [1.29, 1.82) is 0 Å². The first-order chi connectivity index (χ1) is 11.9. The van der Waals surface area contributed by atoms with E-state index in [9.17, 15) is 13.2 Å². The minimum Gasteiger partial charge on any atom is -0.325 e. The Morgan fingerprint density at radius 1 is 1.20 bits per heavy atom. The van der Waals surface area contributed by atoms with E-state index in [0.717, 1.165) is 27.7 Å². The van der Waals surface area contributed by atoms with Crippen LogP contribution in [0.4, 0.5) is 11.4 Å². The molecule has 0 saturated carbocycles. The molecule has 2 heterocycles. The molecule has 1 aliphatic heterocycles. The molecule has 6 nitrogen and oxygen atoms in total. The van der Waals surface area contributed by atoms with Crippen molar-refractivity contribution in [3.63, 3.8) is 0 Å². The smallest absolute Gasteiger partial charge is 0.237 e. The molecule has 8 heteroatoms. The fourth-order valence-corrected chi connectivity index (χ4v) is 4.30. The molecule has 2 aromatic carbocycles. The molecule has 0 bridgehead atoms. The van der Waals surface area contributed by atoms with E-state index in [-0.39, 0.29) is 10.8 Å². The summed E-state index contributed by atoms with van der Waals surface area (Å²) >= 11 is 1.49. The number of sulfone groups is 1. The second-order valence-corrected chi connectivity index (χ2v) is 8.61. The topological polar surface area (TPSA) is 88.5 Å². The number of aliphatic imine (C=N–C) groups is 1. The van der Waals surface area contributed by atoms with Crippen LogP contribution in [0.5, 0.6) is 0 Å². The van der Waals surface area contributed by atoms with Crippen LogP contribution < -0.4 is 5.32 Å². The van der Waals surface area contributed by atoms with E-state index in [4.69, 9.17) is 0 Å². The Kier molecular flexibility index (Phi) is 3.66. The van der Waals surface area contributed by atoms with Gasteiger partial charge in [0, 0.05) is 23.7 Å². The minimum atomic E-state index is -3.24. The Bertz CT molecular complexity index is 1120. The molecule has 0 spiro atoms. The summed E-state index contributed by atoms with van der Waals surface area (Å²) < 4.78 is 24.0. The Hall–Kier alpha value is -2.58. The van der Waals surface area contributed by atoms with Crippen molar-refractivity contribution in [2.75, 3.05) is 11.6 Å². The summed E-state index contributed by atoms with van der Waals surface area (Å²) in [7, 11) is -3.24. The third-order valence-corrected chi connectivity index (χ3v) is 6.03. The zero-order chi connectivity index (χ0) is 17.6. The van der Waals surface area contributed by atoms with Gasteiger partial charge in [0.25, 0.3) is 0 Å². The standard InChI is InChI=1S/C17H13N3O3S2/c1-25(22,23)11-4-2-10(3-5-11)18-8-12-15-13(20-17(12)21)6-7-14-16(15)24-9-19-14/h2-9,12H,1H3,(H,20,21). The first kappa shape index (κ1) is 15.9. The number of rotatable bonds is 3. The molecular weight excluding hydrogens is 358 g/mol. The third kappa shape index (κ3) is 2.83. The number of carbonyl (C=O) groups excluding carboxylic acids is 1. The predicted octanol–water partition coefficient (Wildman–Crippen LogP) is 3.14. The number of hydrogen-bond donors (Lipinski definition) is 1. The number of benzene rings is 2. The van der Waals surface area contributed by atoms with E-state index >= 15 is 0 Å². The highest BCUT2D eigenvalue weighted by Gasteiger charge is 2.31. The maximum absolute atomic E-state index is 12.3. The van der Waals surface area contributed by atoms with Gasteiger partial charge in [-0.15, -0.1) is 11.3 Å². The Morgan fingerprint density at radius 2 is 1.96 bits per heavy atom. The maximum atomic E-state index is 12.3. The van der Waals surface area contributed by atoms with Crippen LogP contribution in [0, 0.1) is 0 Å². The lowest BCUT2D eigenvalue weighted by Crippen LogP contribution is -2.12. The Balaban J connectivity index is 1.69. The maximum Gasteiger partial charge on any atom is 0.237 e. The fourth-order valence-electron chi connectivity index (χ4n) is 2.79. The van der Waals surface area contributed by atoms with Gasteiger partial charge in [-0.25, -0.2) is 13.4 Å². The predicted molar refractivity (Wildman–Crippen MR) is 98.7 cm³/mol. The summed E-state index contributed by atoms with van der Waals surface area (Å²) in [4.78, 5) is 21.2. The van der Waals surface area contributed by atoms with E-state index in [0.29, 0.717) is 5.69 Å². The summed E-state index contributed by atoms with van der Waals surface area (Å²) in [6.45, 7) is 0. The highest BCUT2D eigenvalue weighted by molar-refractivity contribution is 7.90. The second-order valence-electron chi connectivity index (χ2n) is 5.74. The van der Waals surface area contributed by atoms with Gasteiger partial charge in [-0.2, -0.15) is 0 Å². The minimum absolute atomic E-state index is 0.132. The van der Waals surface area contributed by atoms with Crippen LogP contribution in [0.15, 0.2) is 51.8 Å². The summed E-state index contributed by atoms with van der Waals surface area (Å²) in [5.41, 5.74) is 4.87. The van der Waals surface area contributed by atoms with Gasteiger partial charge < -0.3 is 5.32 Å². The number of hydrogen-bond acceptors (Lipinski definition) is 6. The molecule has 1 N–H and O–H groups in total. The lowest BCUT2D eigenvalue weighted by molar-refractivity contribution is -0.115. The molecule has 0 aliphatic carbocycles. The first-order valence-corrected chi connectivity index (χ1v) is 10.2. The molecule has 0 saturated heterocycles. The summed E-state index contributed by atoms with van der Waals surface area (Å²) in [5.74, 6) is -0.624. The monoisotopic (exact) mass is 371 g/mol. The number of nitrogens with one attached hydrogen (secondary N) is 1. The van der Waals surface area contributed by atoms with E-state index < -0.39 is 15.8 Å². The molecular formula is C17H13N3O3S2. The number of nitrogens with zero attached hydrogens (tertiary/aromatic N) is 2. The highest BCUT2D eigenvalue weighted by Crippen LogP contribution is 2.39. The number of anilines is 1. The average Bonchev–Trinajstić information content (AvgIpc) is 3.15. The van der Waals surface area contributed by atoms with Gasteiger partial charge in [0.05, 0.1) is 26.3 Å². The molecule has 4 rings (SSSR count). The van der Waals surface area contributed by atoms with Crippen molar-refractivity contribution < 1.29 is 13.2 Å². The van der Waals surface area contributed by atoms with Gasteiger partial charge in [0.2, 0.25) is 5.91 Å². The number of thiazole rings is 1. The normalized spacial score (nSPS) is 17.2. The molecule has 1 amide bonds. The van der Waals surface area contributed by atoms with E-state index in [1.165, 1.54) is 23.5 Å². The molecule has 3 aromatic rings. The summed E-state index contributed by atoms with van der Waals surface area (Å²) in [6.07, 6.45) is 2.75. The van der Waals surface area contributed by atoms with Crippen LogP contribution in [0.25, 0.3) is 10.2 Å². The molecule has 126 valence electrons. The van der Waals surface area contributed by atoms with Crippen LogP contribution in [0.3, 0.4) is 0 Å². The fraction of sp³-hybridized carbons (Fsp3) is 0.118. The Morgan fingerprint density at radius 3 is 2.68 bits per heavy atom. The quantitative estimate of drug-likeness (QED) is 0.717. The van der Waals surface area contributed by atoms with E-state index in [1.807, 2.05) is 12.1 Å². The van der Waals surface area contributed by atoms with Crippen molar-refractivity contribution in [3.8, 4) is 0 Å². The van der Waals surface area contributed by atoms with Crippen molar-refractivity contribution in [1.82, 2.24) is 4.98 Å². The molecule has 1 aliphatic rings. The van der Waals surface area contributed by atoms with Gasteiger partial charge >= 0.3 is 0 Å². The third-order valence-electron chi connectivity index (χ3n) is 4.03. The number of aromatic nitrogens is 1. The van der Waals surface area contributed by atoms with Gasteiger partial charge in [-0.1, -0.05) is 0 Å². The number of fused-ring (bicyclic) bond motifs is 3. The summed E-state index contributed by atoms with van der Waals surface area (Å²) in [6, 6.07) is 9.98. The lowest BCUT2D eigenvalue weighted by atomic mass is 10.0. The largest absolute Gasteiger partial charge is 0.325 e. The molecule has 25 heavy (non-hydrogen) atoms.